The minimum atomic E-state index is -0.902. The number of carboxylic acids is 1. The van der Waals surface area contributed by atoms with E-state index >= 15 is 0 Å². The Bertz CT molecular complexity index is 1300. The van der Waals surface area contributed by atoms with E-state index in [4.69, 9.17) is 9.84 Å². The number of thiophene rings is 1. The molecule has 35 heavy (non-hydrogen) atoms. The van der Waals surface area contributed by atoms with Gasteiger partial charge >= 0.3 is 5.97 Å². The van der Waals surface area contributed by atoms with E-state index in [0.717, 1.165) is 45.7 Å². The number of aryl methyl sites for hydroxylation is 1. The molecule has 3 heterocycles. The molecule has 7 heteroatoms. The van der Waals surface area contributed by atoms with Crippen molar-refractivity contribution < 1.29 is 19.7 Å². The first-order chi connectivity index (χ1) is 17.1. The van der Waals surface area contributed by atoms with Crippen molar-refractivity contribution in [2.24, 2.45) is 0 Å². The molecule has 0 saturated carbocycles. The highest BCUT2D eigenvalue weighted by Gasteiger charge is 2.20. The third kappa shape index (κ3) is 5.43. The summed E-state index contributed by atoms with van der Waals surface area (Å²) in [6.07, 6.45) is 4.70. The number of carbonyl (C=O) groups is 1. The van der Waals surface area contributed by atoms with Crippen molar-refractivity contribution in [2.75, 3.05) is 13.1 Å². The predicted octanol–water partition coefficient (Wildman–Crippen LogP) is 5.19. The monoisotopic (exact) mass is 486 g/mol. The molecule has 0 unspecified atom stereocenters. The number of ether oxygens (including phenoxy) is 1. The van der Waals surface area contributed by atoms with Gasteiger partial charge in [0.05, 0.1) is 11.7 Å². The van der Waals surface area contributed by atoms with Crippen LogP contribution in [-0.2, 0) is 6.42 Å². The Morgan fingerprint density at radius 3 is 2.66 bits per heavy atom. The fraction of sp³-hybridized carbons (Fsp3) is 0.214. The molecule has 4 aromatic rings. The number of rotatable bonds is 8. The Hall–Kier alpha value is -3.52. The number of fused-ring (bicyclic) bond motifs is 1. The van der Waals surface area contributed by atoms with Crippen LogP contribution in [0.1, 0.15) is 34.0 Å². The summed E-state index contributed by atoms with van der Waals surface area (Å²) >= 11 is 1.44. The van der Waals surface area contributed by atoms with Gasteiger partial charge < -0.3 is 20.3 Å². The highest BCUT2D eigenvalue weighted by Crippen LogP contribution is 2.34. The molecular formula is C28H26N2O4S. The number of nitrogens with zero attached hydrogens (tertiary/aromatic N) is 1. The number of pyridine rings is 1. The number of aromatic nitrogens is 1. The number of aliphatic hydroxyl groups excluding tert-OH is 1. The second-order valence-electron chi connectivity index (χ2n) is 8.64. The lowest BCUT2D eigenvalue weighted by Gasteiger charge is -2.27. The summed E-state index contributed by atoms with van der Waals surface area (Å²) in [7, 11) is 0. The first kappa shape index (κ1) is 23.2. The number of nitrogens with one attached hydrogen (secondary N) is 1. The van der Waals surface area contributed by atoms with Crippen LogP contribution >= 0.6 is 11.3 Å². The van der Waals surface area contributed by atoms with E-state index in [2.05, 4.69) is 34.6 Å². The molecule has 2 atom stereocenters. The predicted molar refractivity (Wildman–Crippen MR) is 137 cm³/mol. The molecule has 178 valence electrons. The van der Waals surface area contributed by atoms with E-state index in [1.54, 1.807) is 23.8 Å². The van der Waals surface area contributed by atoms with Crippen LogP contribution in [0.2, 0.25) is 0 Å². The van der Waals surface area contributed by atoms with Crippen LogP contribution in [0.15, 0.2) is 78.4 Å². The summed E-state index contributed by atoms with van der Waals surface area (Å²) < 4.78 is 6.21. The SMILES string of the molecule is O=C(O)c1csc(-c2ccc(-c3ccc4c(c3)CC[C@H](CNC[C@@H](O)c3cccnc3)O4)cc2)c1. The van der Waals surface area contributed by atoms with Gasteiger partial charge in [-0.15, -0.1) is 11.3 Å². The van der Waals surface area contributed by atoms with E-state index in [1.165, 1.54) is 16.9 Å². The van der Waals surface area contributed by atoms with Gasteiger partial charge in [0.15, 0.2) is 0 Å². The number of aliphatic hydroxyl groups is 1. The van der Waals surface area contributed by atoms with E-state index in [0.29, 0.717) is 18.7 Å². The Morgan fingerprint density at radius 1 is 1.11 bits per heavy atom. The van der Waals surface area contributed by atoms with Gasteiger partial charge in [-0.3, -0.25) is 4.98 Å². The molecule has 2 aromatic carbocycles. The molecule has 0 spiro atoms. The molecule has 1 aliphatic rings. The largest absolute Gasteiger partial charge is 0.489 e. The van der Waals surface area contributed by atoms with Gasteiger partial charge in [0.1, 0.15) is 11.9 Å². The van der Waals surface area contributed by atoms with Gasteiger partial charge in [-0.2, -0.15) is 0 Å². The summed E-state index contributed by atoms with van der Waals surface area (Å²) in [6.45, 7) is 1.13. The van der Waals surface area contributed by atoms with Crippen molar-refractivity contribution in [2.45, 2.75) is 25.0 Å². The van der Waals surface area contributed by atoms with Crippen LogP contribution in [0.25, 0.3) is 21.6 Å². The van der Waals surface area contributed by atoms with Crippen molar-refractivity contribution in [3.63, 3.8) is 0 Å². The summed E-state index contributed by atoms with van der Waals surface area (Å²) in [5.41, 5.74) is 5.57. The Morgan fingerprint density at radius 2 is 1.91 bits per heavy atom. The highest BCUT2D eigenvalue weighted by molar-refractivity contribution is 7.13. The lowest BCUT2D eigenvalue weighted by Crippen LogP contribution is -2.36. The third-order valence-electron chi connectivity index (χ3n) is 6.22. The van der Waals surface area contributed by atoms with Crippen LogP contribution in [0, 0.1) is 0 Å². The van der Waals surface area contributed by atoms with Crippen molar-refractivity contribution in [1.29, 1.82) is 0 Å². The summed E-state index contributed by atoms with van der Waals surface area (Å²) in [5, 5.41) is 24.4. The van der Waals surface area contributed by atoms with Crippen LogP contribution in [0.5, 0.6) is 5.75 Å². The zero-order chi connectivity index (χ0) is 24.2. The number of hydrogen-bond acceptors (Lipinski definition) is 6. The molecule has 2 aromatic heterocycles. The zero-order valence-electron chi connectivity index (χ0n) is 19.1. The summed E-state index contributed by atoms with van der Waals surface area (Å²) in [4.78, 5) is 16.1. The topological polar surface area (TPSA) is 91.7 Å². The smallest absolute Gasteiger partial charge is 0.336 e. The molecule has 0 aliphatic carbocycles. The van der Waals surface area contributed by atoms with E-state index in [-0.39, 0.29) is 6.10 Å². The second kappa shape index (κ2) is 10.4. The van der Waals surface area contributed by atoms with Gasteiger partial charge in [-0.1, -0.05) is 36.4 Å². The van der Waals surface area contributed by atoms with Gasteiger partial charge in [-0.25, -0.2) is 4.79 Å². The molecular weight excluding hydrogens is 460 g/mol. The highest BCUT2D eigenvalue weighted by atomic mass is 32.1. The third-order valence-corrected chi connectivity index (χ3v) is 7.20. The van der Waals surface area contributed by atoms with Crippen molar-refractivity contribution in [1.82, 2.24) is 10.3 Å². The number of hydrogen-bond donors (Lipinski definition) is 3. The molecule has 0 bridgehead atoms. The zero-order valence-corrected chi connectivity index (χ0v) is 19.9. The van der Waals surface area contributed by atoms with Crippen molar-refractivity contribution in [3.05, 3.63) is 95.1 Å². The van der Waals surface area contributed by atoms with Crippen LogP contribution in [-0.4, -0.2) is 40.4 Å². The fourth-order valence-corrected chi connectivity index (χ4v) is 5.16. The van der Waals surface area contributed by atoms with Crippen LogP contribution in [0.3, 0.4) is 0 Å². The maximum atomic E-state index is 11.1. The van der Waals surface area contributed by atoms with Crippen LogP contribution < -0.4 is 10.1 Å². The molecule has 0 amide bonds. The van der Waals surface area contributed by atoms with E-state index in [9.17, 15) is 9.90 Å². The lowest BCUT2D eigenvalue weighted by atomic mass is 9.96. The minimum absolute atomic E-state index is 0.0650. The fourth-order valence-electron chi connectivity index (χ4n) is 4.27. The van der Waals surface area contributed by atoms with Gasteiger partial charge in [0, 0.05) is 41.3 Å². The minimum Gasteiger partial charge on any atom is -0.489 e. The Labute approximate surface area is 207 Å². The number of benzene rings is 2. The van der Waals surface area contributed by atoms with E-state index < -0.39 is 12.1 Å². The quantitative estimate of drug-likeness (QED) is 0.317. The molecule has 3 N–H and O–H groups in total. The maximum Gasteiger partial charge on any atom is 0.336 e. The van der Waals surface area contributed by atoms with E-state index in [1.807, 2.05) is 30.3 Å². The molecule has 0 radical (unpaired) electrons. The first-order valence-corrected chi connectivity index (χ1v) is 12.5. The summed E-state index contributed by atoms with van der Waals surface area (Å²) in [6, 6.07) is 19.9. The van der Waals surface area contributed by atoms with Crippen molar-refractivity contribution >= 4 is 17.3 Å². The average molecular weight is 487 g/mol. The summed E-state index contributed by atoms with van der Waals surface area (Å²) in [5.74, 6) is 0.0109. The van der Waals surface area contributed by atoms with Gasteiger partial charge in [0.25, 0.3) is 0 Å². The lowest BCUT2D eigenvalue weighted by molar-refractivity contribution is 0.0697. The van der Waals surface area contributed by atoms with Gasteiger partial charge in [0.2, 0.25) is 0 Å². The van der Waals surface area contributed by atoms with Crippen molar-refractivity contribution in [3.8, 4) is 27.3 Å². The second-order valence-corrected chi connectivity index (χ2v) is 9.55. The number of carboxylic acid groups (broad SMARTS) is 1. The molecule has 6 nitrogen and oxygen atoms in total. The Balaban J connectivity index is 1.19. The Kier molecular flexibility index (Phi) is 6.90. The average Bonchev–Trinajstić information content (AvgIpc) is 3.40. The molecule has 1 aliphatic heterocycles. The maximum absolute atomic E-state index is 11.1. The molecule has 0 saturated heterocycles. The van der Waals surface area contributed by atoms with Crippen LogP contribution in [0.4, 0.5) is 0 Å². The van der Waals surface area contributed by atoms with Gasteiger partial charge in [-0.05, 0) is 59.4 Å². The normalized spacial score (nSPS) is 15.7. The standard InChI is InChI=1S/C28H26N2O4S/c31-25(22-2-1-11-29-14-22)16-30-15-24-9-7-21-12-20(8-10-26(21)34-24)18-3-5-19(6-4-18)27-13-23(17-35-27)28(32)33/h1-6,8,10-14,17,24-25,30-31H,7,9,15-16H2,(H,32,33)/t24-,25-/m1/s1. The molecule has 0 fully saturated rings. The molecule has 5 rings (SSSR count). The number of aromatic carboxylic acids is 1. The first-order valence-electron chi connectivity index (χ1n) is 11.6.